The van der Waals surface area contributed by atoms with E-state index in [1.54, 1.807) is 56.3 Å². The van der Waals surface area contributed by atoms with Gasteiger partial charge in [0.25, 0.3) is 5.56 Å². The minimum Gasteiger partial charge on any atom is -0.465 e. The highest BCUT2D eigenvalue weighted by Gasteiger charge is 2.33. The summed E-state index contributed by atoms with van der Waals surface area (Å²) in [6.45, 7) is 3.71. The number of methoxy groups -OCH3 is 1. The third-order valence-corrected chi connectivity index (χ3v) is 7.74. The third kappa shape index (κ3) is 4.49. The average molecular weight is 535 g/mol. The van der Waals surface area contributed by atoms with Gasteiger partial charge in [-0.15, -0.1) is 11.3 Å². The minimum absolute atomic E-state index is 0.219. The van der Waals surface area contributed by atoms with Gasteiger partial charge in [-0.1, -0.05) is 35.6 Å². The number of benzene rings is 1. The number of nitrogens with zero attached hydrogens (tertiary/aromatic N) is 2. The smallest absolute Gasteiger partial charge is 0.338 e. The zero-order chi connectivity index (χ0) is 26.1. The summed E-state index contributed by atoms with van der Waals surface area (Å²) in [7, 11) is 1.32. The standard InChI is InChI=1S/C27H22N2O6S2/c1-4-34-26(32)22-15(2)28-27-29(23(22)20-10-7-13-36-20)24(30)21(37-27)14-16-11-12-19(35-16)17-8-5-6-9-18(17)25(31)33-3/h5-14,23H,4H2,1-3H3/b21-14+/t23-/m0/s1. The number of fused-ring (bicyclic) bond motifs is 1. The number of esters is 2. The number of carbonyl (C=O) groups excluding carboxylic acids is 2. The highest BCUT2D eigenvalue weighted by molar-refractivity contribution is 7.10. The number of thiazole rings is 1. The Morgan fingerprint density at radius 2 is 1.95 bits per heavy atom. The molecule has 10 heteroatoms. The molecule has 0 aliphatic carbocycles. The van der Waals surface area contributed by atoms with Gasteiger partial charge >= 0.3 is 11.9 Å². The van der Waals surface area contributed by atoms with Gasteiger partial charge in [-0.25, -0.2) is 14.6 Å². The molecule has 1 atom stereocenters. The lowest BCUT2D eigenvalue weighted by molar-refractivity contribution is -0.139. The minimum atomic E-state index is -0.628. The second-order valence-electron chi connectivity index (χ2n) is 8.06. The molecule has 1 aromatic carbocycles. The number of allylic oxidation sites excluding steroid dienone is 1. The monoisotopic (exact) mass is 534 g/mol. The number of hydrogen-bond donors (Lipinski definition) is 0. The molecule has 5 rings (SSSR count). The van der Waals surface area contributed by atoms with Crippen LogP contribution in [0, 0.1) is 0 Å². The van der Waals surface area contributed by atoms with E-state index in [0.717, 1.165) is 4.88 Å². The van der Waals surface area contributed by atoms with Crippen molar-refractivity contribution in [2.75, 3.05) is 13.7 Å². The van der Waals surface area contributed by atoms with Crippen molar-refractivity contribution in [2.45, 2.75) is 19.9 Å². The van der Waals surface area contributed by atoms with E-state index in [9.17, 15) is 14.4 Å². The normalized spacial score (nSPS) is 15.3. The molecule has 4 heterocycles. The zero-order valence-corrected chi connectivity index (χ0v) is 21.9. The van der Waals surface area contributed by atoms with Crippen molar-refractivity contribution in [3.63, 3.8) is 0 Å². The van der Waals surface area contributed by atoms with Crippen molar-refractivity contribution < 1.29 is 23.5 Å². The second-order valence-corrected chi connectivity index (χ2v) is 10.0. The van der Waals surface area contributed by atoms with E-state index in [1.165, 1.54) is 34.4 Å². The molecule has 188 valence electrons. The van der Waals surface area contributed by atoms with Crippen molar-refractivity contribution in [1.29, 1.82) is 0 Å². The van der Waals surface area contributed by atoms with Crippen LogP contribution in [0.4, 0.5) is 0 Å². The third-order valence-electron chi connectivity index (χ3n) is 5.83. The van der Waals surface area contributed by atoms with Crippen LogP contribution in [0.3, 0.4) is 0 Å². The van der Waals surface area contributed by atoms with Crippen LogP contribution >= 0.6 is 22.7 Å². The molecule has 0 saturated heterocycles. The number of aromatic nitrogens is 1. The summed E-state index contributed by atoms with van der Waals surface area (Å²) in [6.07, 6.45) is 1.64. The van der Waals surface area contributed by atoms with Gasteiger partial charge < -0.3 is 13.9 Å². The lowest BCUT2D eigenvalue weighted by atomic mass is 10.0. The van der Waals surface area contributed by atoms with Gasteiger partial charge in [0.05, 0.1) is 35.1 Å². The molecule has 0 fully saturated rings. The fourth-order valence-electron chi connectivity index (χ4n) is 4.20. The largest absolute Gasteiger partial charge is 0.465 e. The summed E-state index contributed by atoms with van der Waals surface area (Å²) in [6, 6.07) is 13.6. The molecule has 4 aromatic rings. The Hall–Kier alpha value is -4.02. The molecule has 0 radical (unpaired) electrons. The number of hydrogen-bond acceptors (Lipinski definition) is 9. The number of furan rings is 1. The molecule has 0 N–H and O–H groups in total. The van der Waals surface area contributed by atoms with E-state index >= 15 is 0 Å². The first-order valence-corrected chi connectivity index (χ1v) is 13.1. The SMILES string of the molecule is CCOC(=O)C1=C(C)N=c2s/c(=C/c3ccc(-c4ccccc4C(=O)OC)o3)c(=O)n2[C@H]1c1cccs1. The van der Waals surface area contributed by atoms with Crippen molar-refractivity contribution in [1.82, 2.24) is 4.57 Å². The molecular formula is C27H22N2O6S2. The zero-order valence-electron chi connectivity index (χ0n) is 20.2. The van der Waals surface area contributed by atoms with E-state index < -0.39 is 18.0 Å². The Kier molecular flexibility index (Phi) is 6.77. The van der Waals surface area contributed by atoms with Gasteiger partial charge in [0.1, 0.15) is 17.6 Å². The van der Waals surface area contributed by atoms with Crippen molar-refractivity contribution in [3.05, 3.63) is 101 Å². The van der Waals surface area contributed by atoms with Crippen LogP contribution in [0.2, 0.25) is 0 Å². The van der Waals surface area contributed by atoms with Crippen LogP contribution in [0.1, 0.15) is 40.9 Å². The molecule has 0 bridgehead atoms. The lowest BCUT2D eigenvalue weighted by Gasteiger charge is -2.23. The van der Waals surface area contributed by atoms with Gasteiger partial charge in [0.15, 0.2) is 4.80 Å². The highest BCUT2D eigenvalue weighted by atomic mass is 32.1. The topological polar surface area (TPSA) is 100 Å². The summed E-state index contributed by atoms with van der Waals surface area (Å²) in [4.78, 5) is 44.6. The Labute approximate surface area is 219 Å². The maximum atomic E-state index is 13.6. The maximum absolute atomic E-state index is 13.6. The molecule has 1 aliphatic heterocycles. The highest BCUT2D eigenvalue weighted by Crippen LogP contribution is 2.33. The molecular weight excluding hydrogens is 512 g/mol. The first kappa shape index (κ1) is 24.7. The van der Waals surface area contributed by atoms with Crippen LogP contribution in [-0.4, -0.2) is 30.2 Å². The van der Waals surface area contributed by atoms with Gasteiger partial charge in [0.2, 0.25) is 0 Å². The molecule has 3 aromatic heterocycles. The summed E-state index contributed by atoms with van der Waals surface area (Å²) < 4.78 is 18.1. The summed E-state index contributed by atoms with van der Waals surface area (Å²) >= 11 is 2.68. The summed E-state index contributed by atoms with van der Waals surface area (Å²) in [5.74, 6) is -0.0505. The predicted molar refractivity (Wildman–Crippen MR) is 140 cm³/mol. The molecule has 0 unspecified atom stereocenters. The van der Waals surface area contributed by atoms with Gasteiger partial charge in [-0.05, 0) is 43.5 Å². The van der Waals surface area contributed by atoms with Crippen LogP contribution in [0.5, 0.6) is 0 Å². The lowest BCUT2D eigenvalue weighted by Crippen LogP contribution is -2.39. The summed E-state index contributed by atoms with van der Waals surface area (Å²) in [5, 5.41) is 1.90. The first-order chi connectivity index (χ1) is 17.9. The number of rotatable bonds is 6. The van der Waals surface area contributed by atoms with E-state index in [4.69, 9.17) is 13.9 Å². The fourth-order valence-corrected chi connectivity index (χ4v) is 6.05. The predicted octanol–water partition coefficient (Wildman–Crippen LogP) is 3.91. The van der Waals surface area contributed by atoms with Crippen LogP contribution in [0.25, 0.3) is 17.4 Å². The number of carbonyl (C=O) groups is 2. The number of thiophene rings is 1. The molecule has 37 heavy (non-hydrogen) atoms. The molecule has 0 spiro atoms. The second kappa shape index (κ2) is 10.2. The Bertz CT molecular complexity index is 1710. The maximum Gasteiger partial charge on any atom is 0.338 e. The first-order valence-electron chi connectivity index (χ1n) is 11.4. The van der Waals surface area contributed by atoms with E-state index in [1.807, 2.05) is 17.5 Å². The van der Waals surface area contributed by atoms with Gasteiger partial charge in [0, 0.05) is 16.5 Å². The van der Waals surface area contributed by atoms with Crippen molar-refractivity contribution in [3.8, 4) is 11.3 Å². The summed E-state index contributed by atoms with van der Waals surface area (Å²) in [5.41, 5.74) is 1.54. The van der Waals surface area contributed by atoms with Crippen molar-refractivity contribution in [2.24, 2.45) is 4.99 Å². The Balaban J connectivity index is 1.61. The van der Waals surface area contributed by atoms with Gasteiger partial charge in [-0.2, -0.15) is 0 Å². The van der Waals surface area contributed by atoms with E-state index in [-0.39, 0.29) is 12.2 Å². The molecule has 0 saturated carbocycles. The Morgan fingerprint density at radius 3 is 2.68 bits per heavy atom. The van der Waals surface area contributed by atoms with Crippen molar-refractivity contribution >= 4 is 40.7 Å². The van der Waals surface area contributed by atoms with Gasteiger partial charge in [-0.3, -0.25) is 9.36 Å². The molecule has 0 amide bonds. The molecule has 8 nitrogen and oxygen atoms in total. The number of ether oxygens (including phenoxy) is 2. The van der Waals surface area contributed by atoms with E-state index in [0.29, 0.717) is 43.3 Å². The van der Waals surface area contributed by atoms with Crippen LogP contribution in [0.15, 0.2) is 79.4 Å². The van der Waals surface area contributed by atoms with E-state index in [2.05, 4.69) is 4.99 Å². The average Bonchev–Trinajstić information content (AvgIpc) is 3.65. The molecule has 1 aliphatic rings. The van der Waals surface area contributed by atoms with Crippen LogP contribution in [-0.2, 0) is 14.3 Å². The quantitative estimate of drug-likeness (QED) is 0.348. The Morgan fingerprint density at radius 1 is 1.14 bits per heavy atom. The fraction of sp³-hybridized carbons (Fsp3) is 0.185. The van der Waals surface area contributed by atoms with Crippen LogP contribution < -0.4 is 14.9 Å².